The van der Waals surface area contributed by atoms with Gasteiger partial charge < -0.3 is 10.2 Å². The fraction of sp³-hybridized carbons (Fsp3) is 0.278. The molecule has 1 aliphatic heterocycles. The van der Waals surface area contributed by atoms with E-state index in [-0.39, 0.29) is 17.9 Å². The Morgan fingerprint density at radius 3 is 2.65 bits per heavy atom. The molecule has 3 rings (SSSR count). The molecule has 118 valence electrons. The van der Waals surface area contributed by atoms with Crippen molar-refractivity contribution >= 4 is 17.5 Å². The van der Waals surface area contributed by atoms with E-state index in [9.17, 15) is 9.59 Å². The van der Waals surface area contributed by atoms with Crippen molar-refractivity contribution in [1.82, 2.24) is 10.3 Å². The van der Waals surface area contributed by atoms with Crippen molar-refractivity contribution in [2.75, 3.05) is 11.4 Å². The molecule has 0 radical (unpaired) electrons. The maximum Gasteiger partial charge on any atom is 0.251 e. The first-order valence-electron chi connectivity index (χ1n) is 7.76. The summed E-state index contributed by atoms with van der Waals surface area (Å²) < 4.78 is 0. The van der Waals surface area contributed by atoms with Gasteiger partial charge in [-0.05, 0) is 49.2 Å². The number of nitrogens with zero attached hydrogens (tertiary/aromatic N) is 2. The Labute approximate surface area is 135 Å². The van der Waals surface area contributed by atoms with Crippen molar-refractivity contribution in [3.63, 3.8) is 0 Å². The van der Waals surface area contributed by atoms with E-state index in [2.05, 4.69) is 10.3 Å². The molecule has 1 atom stereocenters. The van der Waals surface area contributed by atoms with Gasteiger partial charge in [-0.25, -0.2) is 0 Å². The number of nitrogens with one attached hydrogen (secondary N) is 1. The lowest BCUT2D eigenvalue weighted by Crippen LogP contribution is -2.27. The third kappa shape index (κ3) is 3.39. The van der Waals surface area contributed by atoms with Gasteiger partial charge in [-0.2, -0.15) is 0 Å². The molecule has 1 N–H and O–H groups in total. The number of anilines is 1. The number of benzene rings is 1. The van der Waals surface area contributed by atoms with Crippen LogP contribution in [0.5, 0.6) is 0 Å². The van der Waals surface area contributed by atoms with Crippen LogP contribution in [0.1, 0.15) is 41.7 Å². The Morgan fingerprint density at radius 1 is 1.26 bits per heavy atom. The molecule has 0 aliphatic carbocycles. The molecule has 2 amide bonds. The lowest BCUT2D eigenvalue weighted by molar-refractivity contribution is -0.117. The summed E-state index contributed by atoms with van der Waals surface area (Å²) in [6.45, 7) is 2.68. The third-order valence-corrected chi connectivity index (χ3v) is 4.05. The monoisotopic (exact) mass is 309 g/mol. The Morgan fingerprint density at radius 2 is 2.04 bits per heavy atom. The number of rotatable bonds is 4. The minimum Gasteiger partial charge on any atom is -0.345 e. The average molecular weight is 309 g/mol. The van der Waals surface area contributed by atoms with Crippen LogP contribution in [0.15, 0.2) is 48.8 Å². The zero-order valence-corrected chi connectivity index (χ0v) is 13.0. The van der Waals surface area contributed by atoms with Crippen LogP contribution in [0, 0.1) is 0 Å². The molecule has 2 heterocycles. The van der Waals surface area contributed by atoms with Crippen LogP contribution in [-0.2, 0) is 4.79 Å². The Bertz CT molecular complexity index is 698. The van der Waals surface area contributed by atoms with E-state index in [1.54, 1.807) is 29.4 Å². The molecule has 1 fully saturated rings. The highest BCUT2D eigenvalue weighted by atomic mass is 16.2. The highest BCUT2D eigenvalue weighted by Crippen LogP contribution is 2.22. The van der Waals surface area contributed by atoms with Crippen LogP contribution in [0.2, 0.25) is 0 Å². The Kier molecular flexibility index (Phi) is 4.37. The quantitative estimate of drug-likeness (QED) is 0.944. The van der Waals surface area contributed by atoms with Crippen LogP contribution >= 0.6 is 0 Å². The first kappa shape index (κ1) is 15.2. The second-order valence-corrected chi connectivity index (χ2v) is 5.68. The van der Waals surface area contributed by atoms with Gasteiger partial charge in [-0.3, -0.25) is 14.6 Å². The molecule has 0 spiro atoms. The van der Waals surface area contributed by atoms with Crippen molar-refractivity contribution in [2.24, 2.45) is 0 Å². The van der Waals surface area contributed by atoms with Crippen molar-refractivity contribution in [3.05, 3.63) is 59.9 Å². The summed E-state index contributed by atoms with van der Waals surface area (Å²) in [6, 6.07) is 10.8. The maximum absolute atomic E-state index is 12.3. The lowest BCUT2D eigenvalue weighted by atomic mass is 10.1. The summed E-state index contributed by atoms with van der Waals surface area (Å²) >= 11 is 0. The molecule has 1 aromatic heterocycles. The molecule has 1 aromatic carbocycles. The normalized spacial score (nSPS) is 15.5. The number of carbonyl (C=O) groups is 2. The van der Waals surface area contributed by atoms with Gasteiger partial charge >= 0.3 is 0 Å². The molecule has 2 aromatic rings. The molecular weight excluding hydrogens is 290 g/mol. The standard InChI is InChI=1S/C18H19N3O2/c1-13(15-4-2-10-19-12-15)20-18(23)14-6-8-16(9-7-14)21-11-3-5-17(21)22/h2,4,6-10,12-13H,3,5,11H2,1H3,(H,20,23). The van der Waals surface area contributed by atoms with E-state index in [1.165, 1.54) is 0 Å². The minimum absolute atomic E-state index is 0.115. The summed E-state index contributed by atoms with van der Waals surface area (Å²) in [6.07, 6.45) is 4.94. The summed E-state index contributed by atoms with van der Waals surface area (Å²) in [5.41, 5.74) is 2.39. The van der Waals surface area contributed by atoms with E-state index < -0.39 is 0 Å². The molecule has 5 nitrogen and oxygen atoms in total. The van der Waals surface area contributed by atoms with E-state index >= 15 is 0 Å². The second kappa shape index (κ2) is 6.60. The zero-order chi connectivity index (χ0) is 16.2. The molecule has 1 unspecified atom stereocenters. The van der Waals surface area contributed by atoms with Gasteiger partial charge in [0.15, 0.2) is 0 Å². The first-order chi connectivity index (χ1) is 11.1. The van der Waals surface area contributed by atoms with Crippen LogP contribution in [-0.4, -0.2) is 23.3 Å². The van der Waals surface area contributed by atoms with Crippen LogP contribution in [0.3, 0.4) is 0 Å². The number of pyridine rings is 1. The van der Waals surface area contributed by atoms with Gasteiger partial charge in [0.1, 0.15) is 0 Å². The molecule has 0 saturated carbocycles. The van der Waals surface area contributed by atoms with Gasteiger partial charge in [-0.1, -0.05) is 6.07 Å². The van der Waals surface area contributed by atoms with Gasteiger partial charge in [-0.15, -0.1) is 0 Å². The number of hydrogen-bond donors (Lipinski definition) is 1. The van der Waals surface area contributed by atoms with Crippen LogP contribution < -0.4 is 10.2 Å². The lowest BCUT2D eigenvalue weighted by Gasteiger charge is -2.17. The molecular formula is C18H19N3O2. The van der Waals surface area contributed by atoms with Crippen LogP contribution in [0.25, 0.3) is 0 Å². The summed E-state index contributed by atoms with van der Waals surface area (Å²) in [7, 11) is 0. The predicted octanol–water partition coefficient (Wildman–Crippen LogP) is 2.70. The molecule has 1 aliphatic rings. The van der Waals surface area contributed by atoms with Crippen molar-refractivity contribution < 1.29 is 9.59 Å². The Balaban J connectivity index is 1.67. The van der Waals surface area contributed by atoms with Crippen molar-refractivity contribution in [3.8, 4) is 0 Å². The van der Waals surface area contributed by atoms with E-state index in [0.717, 1.165) is 24.2 Å². The molecule has 0 bridgehead atoms. The number of amides is 2. The maximum atomic E-state index is 12.3. The predicted molar refractivity (Wildman–Crippen MR) is 88.1 cm³/mol. The Hall–Kier alpha value is -2.69. The number of aromatic nitrogens is 1. The van der Waals surface area contributed by atoms with E-state index in [1.807, 2.05) is 31.2 Å². The number of hydrogen-bond acceptors (Lipinski definition) is 3. The molecule has 1 saturated heterocycles. The van der Waals surface area contributed by atoms with Gasteiger partial charge in [0.25, 0.3) is 5.91 Å². The number of carbonyl (C=O) groups excluding carboxylic acids is 2. The van der Waals surface area contributed by atoms with Gasteiger partial charge in [0.05, 0.1) is 6.04 Å². The summed E-state index contributed by atoms with van der Waals surface area (Å²) in [5, 5.41) is 2.95. The first-order valence-corrected chi connectivity index (χ1v) is 7.76. The van der Waals surface area contributed by atoms with E-state index in [4.69, 9.17) is 0 Å². The molecule has 5 heteroatoms. The third-order valence-electron chi connectivity index (χ3n) is 4.05. The zero-order valence-electron chi connectivity index (χ0n) is 13.0. The van der Waals surface area contributed by atoms with Crippen molar-refractivity contribution in [2.45, 2.75) is 25.8 Å². The van der Waals surface area contributed by atoms with Gasteiger partial charge in [0, 0.05) is 36.6 Å². The minimum atomic E-state index is -0.138. The highest BCUT2D eigenvalue weighted by molar-refractivity contribution is 5.97. The fourth-order valence-corrected chi connectivity index (χ4v) is 2.71. The van der Waals surface area contributed by atoms with Crippen molar-refractivity contribution in [1.29, 1.82) is 0 Å². The molecule has 23 heavy (non-hydrogen) atoms. The van der Waals surface area contributed by atoms with E-state index in [0.29, 0.717) is 12.0 Å². The van der Waals surface area contributed by atoms with Crippen LogP contribution in [0.4, 0.5) is 5.69 Å². The smallest absolute Gasteiger partial charge is 0.251 e. The second-order valence-electron chi connectivity index (χ2n) is 5.68. The average Bonchev–Trinajstić information content (AvgIpc) is 3.02. The SMILES string of the molecule is CC(NC(=O)c1ccc(N2CCCC2=O)cc1)c1cccnc1. The summed E-state index contributed by atoms with van der Waals surface area (Å²) in [5.74, 6) is 0.00746. The highest BCUT2D eigenvalue weighted by Gasteiger charge is 2.21. The van der Waals surface area contributed by atoms with Gasteiger partial charge in [0.2, 0.25) is 5.91 Å². The largest absolute Gasteiger partial charge is 0.345 e. The summed E-state index contributed by atoms with van der Waals surface area (Å²) in [4.78, 5) is 29.9. The topological polar surface area (TPSA) is 62.3 Å². The fourth-order valence-electron chi connectivity index (χ4n) is 2.71.